The molecule has 1 atom stereocenters. The second-order valence-corrected chi connectivity index (χ2v) is 6.01. The van der Waals surface area contributed by atoms with E-state index in [1.54, 1.807) is 0 Å². The van der Waals surface area contributed by atoms with Gasteiger partial charge in [0.05, 0.1) is 0 Å². The van der Waals surface area contributed by atoms with E-state index in [9.17, 15) is 8.42 Å². The Kier molecular flexibility index (Phi) is 5.68. The van der Waals surface area contributed by atoms with E-state index in [1.165, 1.54) is 4.31 Å². The van der Waals surface area contributed by atoms with Crippen LogP contribution in [0.15, 0.2) is 0 Å². The molecule has 1 heterocycles. The van der Waals surface area contributed by atoms with Crippen LogP contribution in [0.1, 0.15) is 39.0 Å². The molecule has 5 nitrogen and oxygen atoms in total. The van der Waals surface area contributed by atoms with E-state index in [2.05, 4.69) is 4.72 Å². The first-order valence-corrected chi connectivity index (χ1v) is 7.51. The fourth-order valence-corrected chi connectivity index (χ4v) is 3.49. The van der Waals surface area contributed by atoms with E-state index in [0.717, 1.165) is 32.1 Å². The Morgan fingerprint density at radius 3 is 2.44 bits per heavy atom. The van der Waals surface area contributed by atoms with Crippen LogP contribution in [0.25, 0.3) is 0 Å². The van der Waals surface area contributed by atoms with E-state index in [0.29, 0.717) is 19.6 Å². The maximum absolute atomic E-state index is 12.0. The average Bonchev–Trinajstić information content (AvgIpc) is 2.29. The van der Waals surface area contributed by atoms with Gasteiger partial charge in [0.2, 0.25) is 0 Å². The first-order chi connectivity index (χ1) is 7.60. The third-order valence-electron chi connectivity index (χ3n) is 2.89. The van der Waals surface area contributed by atoms with Crippen LogP contribution >= 0.6 is 0 Å². The highest BCUT2D eigenvalue weighted by Crippen LogP contribution is 2.12. The van der Waals surface area contributed by atoms with Gasteiger partial charge in [-0.25, -0.2) is 0 Å². The summed E-state index contributed by atoms with van der Waals surface area (Å²) in [5.74, 6) is 0. The number of rotatable bonds is 6. The first-order valence-electron chi connectivity index (χ1n) is 6.07. The van der Waals surface area contributed by atoms with Gasteiger partial charge >= 0.3 is 0 Å². The van der Waals surface area contributed by atoms with Crippen molar-refractivity contribution in [1.29, 1.82) is 0 Å². The molecule has 1 rings (SSSR count). The fourth-order valence-electron chi connectivity index (χ4n) is 1.96. The number of piperidine rings is 1. The Balaban J connectivity index is 2.54. The Morgan fingerprint density at radius 2 is 1.94 bits per heavy atom. The number of hydrogen-bond donors (Lipinski definition) is 2. The number of hydrogen-bond acceptors (Lipinski definition) is 3. The molecule has 0 bridgehead atoms. The zero-order valence-corrected chi connectivity index (χ0v) is 10.8. The van der Waals surface area contributed by atoms with Crippen LogP contribution in [0, 0.1) is 0 Å². The summed E-state index contributed by atoms with van der Waals surface area (Å²) >= 11 is 0. The molecule has 0 aromatic carbocycles. The largest absolute Gasteiger partial charge is 0.329 e. The molecule has 0 aromatic heterocycles. The zero-order valence-electron chi connectivity index (χ0n) is 9.98. The minimum absolute atomic E-state index is 0.128. The molecule has 1 saturated heterocycles. The van der Waals surface area contributed by atoms with E-state index in [4.69, 9.17) is 5.73 Å². The van der Waals surface area contributed by atoms with E-state index < -0.39 is 10.2 Å². The normalized spacial score (nSPS) is 20.9. The lowest BCUT2D eigenvalue weighted by Crippen LogP contribution is -2.49. The maximum Gasteiger partial charge on any atom is 0.279 e. The van der Waals surface area contributed by atoms with Crippen molar-refractivity contribution in [3.8, 4) is 0 Å². The SMILES string of the molecule is CCCC(CN)NS(=O)(=O)N1CCCCC1. The lowest BCUT2D eigenvalue weighted by molar-refractivity contribution is 0.337. The van der Waals surface area contributed by atoms with Gasteiger partial charge in [0.15, 0.2) is 0 Å². The third kappa shape index (κ3) is 4.01. The summed E-state index contributed by atoms with van der Waals surface area (Å²) in [7, 11) is -3.31. The highest BCUT2D eigenvalue weighted by molar-refractivity contribution is 7.87. The molecule has 6 heteroatoms. The molecule has 1 aliphatic rings. The van der Waals surface area contributed by atoms with Gasteiger partial charge in [0.1, 0.15) is 0 Å². The second kappa shape index (κ2) is 6.54. The van der Waals surface area contributed by atoms with Gasteiger partial charge in [0, 0.05) is 25.7 Å². The Morgan fingerprint density at radius 1 is 1.31 bits per heavy atom. The van der Waals surface area contributed by atoms with Crippen molar-refractivity contribution >= 4 is 10.2 Å². The molecule has 1 fully saturated rings. The van der Waals surface area contributed by atoms with Crippen molar-refractivity contribution in [2.75, 3.05) is 19.6 Å². The summed E-state index contributed by atoms with van der Waals surface area (Å²) in [6, 6.07) is -0.128. The van der Waals surface area contributed by atoms with Gasteiger partial charge in [-0.1, -0.05) is 19.8 Å². The van der Waals surface area contributed by atoms with Crippen molar-refractivity contribution in [2.24, 2.45) is 5.73 Å². The average molecular weight is 249 g/mol. The van der Waals surface area contributed by atoms with Crippen LogP contribution in [0.2, 0.25) is 0 Å². The summed E-state index contributed by atoms with van der Waals surface area (Å²) < 4.78 is 28.2. The molecule has 0 aromatic rings. The first kappa shape index (κ1) is 13.9. The van der Waals surface area contributed by atoms with Crippen LogP contribution in [0.3, 0.4) is 0 Å². The van der Waals surface area contributed by atoms with Crippen LogP contribution in [0.4, 0.5) is 0 Å². The van der Waals surface area contributed by atoms with Gasteiger partial charge in [-0.2, -0.15) is 17.4 Å². The minimum Gasteiger partial charge on any atom is -0.329 e. The molecule has 0 saturated carbocycles. The second-order valence-electron chi connectivity index (χ2n) is 4.30. The van der Waals surface area contributed by atoms with Gasteiger partial charge in [0.25, 0.3) is 10.2 Å². The standard InChI is InChI=1S/C10H23N3O2S/c1-2-6-10(9-11)12-16(14,15)13-7-4-3-5-8-13/h10,12H,2-9,11H2,1H3. The van der Waals surface area contributed by atoms with Gasteiger partial charge in [-0.15, -0.1) is 0 Å². The number of nitrogens with zero attached hydrogens (tertiary/aromatic N) is 1. The van der Waals surface area contributed by atoms with Gasteiger partial charge in [-0.3, -0.25) is 0 Å². The molecule has 16 heavy (non-hydrogen) atoms. The molecule has 0 radical (unpaired) electrons. The van der Waals surface area contributed by atoms with Crippen LogP contribution in [-0.4, -0.2) is 38.4 Å². The Labute approximate surface area is 98.6 Å². The van der Waals surface area contributed by atoms with Gasteiger partial charge in [-0.05, 0) is 19.3 Å². The van der Waals surface area contributed by atoms with Crippen LogP contribution in [0.5, 0.6) is 0 Å². The topological polar surface area (TPSA) is 75.4 Å². The zero-order chi connectivity index (χ0) is 12.0. The molecule has 0 amide bonds. The molecular formula is C10H23N3O2S. The highest BCUT2D eigenvalue weighted by Gasteiger charge is 2.25. The van der Waals surface area contributed by atoms with Crippen LogP contribution in [-0.2, 0) is 10.2 Å². The van der Waals surface area contributed by atoms with Crippen molar-refractivity contribution in [2.45, 2.75) is 45.1 Å². The maximum atomic E-state index is 12.0. The van der Waals surface area contributed by atoms with Crippen molar-refractivity contribution < 1.29 is 8.42 Å². The summed E-state index contributed by atoms with van der Waals surface area (Å²) in [5, 5.41) is 0. The third-order valence-corrected chi connectivity index (χ3v) is 4.57. The van der Waals surface area contributed by atoms with Crippen LogP contribution < -0.4 is 10.5 Å². The minimum atomic E-state index is -3.31. The molecule has 1 unspecified atom stereocenters. The van der Waals surface area contributed by atoms with Crippen molar-refractivity contribution in [1.82, 2.24) is 9.03 Å². The Bertz CT molecular complexity index is 286. The molecule has 1 aliphatic heterocycles. The molecule has 0 aliphatic carbocycles. The summed E-state index contributed by atoms with van der Waals surface area (Å²) in [4.78, 5) is 0. The predicted octanol–water partition coefficient (Wildman–Crippen LogP) is 0.434. The Hall–Kier alpha value is -0.170. The summed E-state index contributed by atoms with van der Waals surface area (Å²) in [6.07, 6.45) is 4.78. The summed E-state index contributed by atoms with van der Waals surface area (Å²) in [5.41, 5.74) is 5.55. The van der Waals surface area contributed by atoms with Gasteiger partial charge < -0.3 is 5.73 Å². The van der Waals surface area contributed by atoms with Crippen molar-refractivity contribution in [3.63, 3.8) is 0 Å². The quantitative estimate of drug-likeness (QED) is 0.717. The predicted molar refractivity (Wildman–Crippen MR) is 65.2 cm³/mol. The van der Waals surface area contributed by atoms with E-state index >= 15 is 0 Å². The molecule has 3 N–H and O–H groups in total. The lowest BCUT2D eigenvalue weighted by atomic mass is 10.2. The van der Waals surface area contributed by atoms with Crippen molar-refractivity contribution in [3.05, 3.63) is 0 Å². The van der Waals surface area contributed by atoms with E-state index in [-0.39, 0.29) is 6.04 Å². The number of nitrogens with two attached hydrogens (primary N) is 1. The lowest BCUT2D eigenvalue weighted by Gasteiger charge is -2.28. The smallest absolute Gasteiger partial charge is 0.279 e. The molecular weight excluding hydrogens is 226 g/mol. The monoisotopic (exact) mass is 249 g/mol. The number of nitrogens with one attached hydrogen (secondary N) is 1. The summed E-state index contributed by atoms with van der Waals surface area (Å²) in [6.45, 7) is 3.66. The van der Waals surface area contributed by atoms with E-state index in [1.807, 2.05) is 6.92 Å². The fraction of sp³-hybridized carbons (Fsp3) is 1.00. The molecule has 96 valence electrons. The molecule has 0 spiro atoms. The highest BCUT2D eigenvalue weighted by atomic mass is 32.2.